The highest BCUT2D eigenvalue weighted by atomic mass is 19.1. The van der Waals surface area contributed by atoms with Crippen molar-refractivity contribution in [3.63, 3.8) is 0 Å². The minimum absolute atomic E-state index is 0.280. The molecule has 0 spiro atoms. The van der Waals surface area contributed by atoms with Crippen LogP contribution in [0.25, 0.3) is 0 Å². The quantitative estimate of drug-likeness (QED) is 0.684. The maximum Gasteiger partial charge on any atom is 0.197 e. The normalized spacial score (nSPS) is 19.2. The van der Waals surface area contributed by atoms with Gasteiger partial charge in [0.2, 0.25) is 0 Å². The molecule has 0 aliphatic carbocycles. The van der Waals surface area contributed by atoms with E-state index in [0.29, 0.717) is 19.6 Å². The number of ether oxygens (including phenoxy) is 3. The molecular weight excluding hydrogens is 390 g/mol. The van der Waals surface area contributed by atoms with Gasteiger partial charge >= 0.3 is 0 Å². The lowest BCUT2D eigenvalue weighted by Crippen LogP contribution is -2.47. The second-order valence-corrected chi connectivity index (χ2v) is 7.68. The van der Waals surface area contributed by atoms with Gasteiger partial charge in [0.25, 0.3) is 0 Å². The molecule has 0 atom stereocenters. The van der Waals surface area contributed by atoms with E-state index in [1.165, 1.54) is 12.1 Å². The average molecular weight is 418 g/mol. The molecular formula is C23H28F2N2O3. The third-order valence-electron chi connectivity index (χ3n) is 5.87. The molecule has 0 saturated carbocycles. The molecule has 2 aliphatic heterocycles. The summed E-state index contributed by atoms with van der Waals surface area (Å²) >= 11 is 0. The fourth-order valence-corrected chi connectivity index (χ4v) is 4.33. The van der Waals surface area contributed by atoms with Crippen LogP contribution >= 0.6 is 0 Å². The summed E-state index contributed by atoms with van der Waals surface area (Å²) in [6.45, 7) is 5.42. The largest absolute Gasteiger partial charge is 0.495 e. The van der Waals surface area contributed by atoms with E-state index in [-0.39, 0.29) is 5.56 Å². The molecule has 4 rings (SSSR count). The summed E-state index contributed by atoms with van der Waals surface area (Å²) in [7, 11) is 1.70. The van der Waals surface area contributed by atoms with E-state index >= 15 is 0 Å². The van der Waals surface area contributed by atoms with Gasteiger partial charge in [-0.25, -0.2) is 8.78 Å². The molecule has 162 valence electrons. The van der Waals surface area contributed by atoms with Crippen LogP contribution < -0.4 is 9.64 Å². The number of benzene rings is 2. The lowest BCUT2D eigenvalue weighted by atomic mass is 9.99. The first-order valence-electron chi connectivity index (χ1n) is 10.4. The van der Waals surface area contributed by atoms with Gasteiger partial charge in [0.1, 0.15) is 17.4 Å². The van der Waals surface area contributed by atoms with E-state index in [0.717, 1.165) is 56.6 Å². The molecule has 30 heavy (non-hydrogen) atoms. The minimum atomic E-state index is -1.11. The lowest BCUT2D eigenvalue weighted by Gasteiger charge is -2.37. The van der Waals surface area contributed by atoms with Crippen LogP contribution in [0.3, 0.4) is 0 Å². The molecule has 2 heterocycles. The van der Waals surface area contributed by atoms with Crippen molar-refractivity contribution >= 4 is 5.69 Å². The molecule has 2 fully saturated rings. The van der Waals surface area contributed by atoms with E-state index in [1.807, 2.05) is 18.2 Å². The Kier molecular flexibility index (Phi) is 6.51. The molecule has 2 aromatic carbocycles. The second kappa shape index (κ2) is 9.29. The van der Waals surface area contributed by atoms with Crippen molar-refractivity contribution < 1.29 is 23.0 Å². The summed E-state index contributed by atoms with van der Waals surface area (Å²) < 4.78 is 44.8. The first kappa shape index (κ1) is 21.0. The summed E-state index contributed by atoms with van der Waals surface area (Å²) in [4.78, 5) is 4.74. The zero-order valence-electron chi connectivity index (χ0n) is 17.3. The first-order valence-corrected chi connectivity index (χ1v) is 10.4. The Hall–Kier alpha value is -2.22. The summed E-state index contributed by atoms with van der Waals surface area (Å²) in [6.07, 6.45) is 1.33. The third kappa shape index (κ3) is 4.43. The average Bonchev–Trinajstić information content (AvgIpc) is 3.24. The van der Waals surface area contributed by atoms with E-state index < -0.39 is 17.4 Å². The van der Waals surface area contributed by atoms with Gasteiger partial charge in [-0.3, -0.25) is 4.90 Å². The van der Waals surface area contributed by atoms with Crippen molar-refractivity contribution in [2.24, 2.45) is 0 Å². The minimum Gasteiger partial charge on any atom is -0.495 e. The van der Waals surface area contributed by atoms with Gasteiger partial charge in [-0.05, 0) is 37.2 Å². The van der Waals surface area contributed by atoms with Crippen LogP contribution in [0.5, 0.6) is 5.75 Å². The third-order valence-corrected chi connectivity index (χ3v) is 5.87. The van der Waals surface area contributed by atoms with Crippen LogP contribution in [0.2, 0.25) is 0 Å². The topological polar surface area (TPSA) is 34.2 Å². The zero-order valence-corrected chi connectivity index (χ0v) is 17.3. The molecule has 5 nitrogen and oxygen atoms in total. The molecule has 0 N–H and O–H groups in total. The van der Waals surface area contributed by atoms with Crippen molar-refractivity contribution in [2.75, 3.05) is 57.9 Å². The standard InChI is InChI=1S/C23H28F2N2O3/c1-28-22-6-3-2-5-21(22)27-13-11-26(12-14-27)10-4-9-23(29-15-16-30-23)19-8-7-18(24)17-20(19)25/h2-3,5-8,17H,4,9-16H2,1H3. The van der Waals surface area contributed by atoms with Gasteiger partial charge in [0, 0.05) is 44.2 Å². The Labute approximate surface area is 176 Å². The summed E-state index contributed by atoms with van der Waals surface area (Å²) in [6, 6.07) is 11.6. The van der Waals surface area contributed by atoms with Crippen LogP contribution in [0.15, 0.2) is 42.5 Å². The van der Waals surface area contributed by atoms with E-state index in [1.54, 1.807) is 7.11 Å². The number of halogens is 2. The maximum atomic E-state index is 14.4. The molecule has 7 heteroatoms. The van der Waals surface area contributed by atoms with Gasteiger partial charge < -0.3 is 19.1 Å². The number of anilines is 1. The molecule has 0 radical (unpaired) electrons. The zero-order chi connectivity index (χ0) is 21.0. The molecule has 2 aliphatic rings. The van der Waals surface area contributed by atoms with E-state index in [2.05, 4.69) is 15.9 Å². The number of nitrogens with zero attached hydrogens (tertiary/aromatic N) is 2. The number of methoxy groups -OCH3 is 1. The van der Waals surface area contributed by atoms with E-state index in [4.69, 9.17) is 14.2 Å². The molecule has 0 bridgehead atoms. The van der Waals surface area contributed by atoms with Crippen molar-refractivity contribution in [3.05, 3.63) is 59.7 Å². The van der Waals surface area contributed by atoms with Crippen LogP contribution in [-0.2, 0) is 15.3 Å². The Balaban J connectivity index is 1.32. The predicted molar refractivity (Wildman–Crippen MR) is 111 cm³/mol. The van der Waals surface area contributed by atoms with Gasteiger partial charge in [0.15, 0.2) is 5.79 Å². The Morgan fingerprint density at radius 2 is 1.73 bits per heavy atom. The molecule has 2 aromatic rings. The Morgan fingerprint density at radius 1 is 1.00 bits per heavy atom. The smallest absolute Gasteiger partial charge is 0.197 e. The maximum absolute atomic E-state index is 14.4. The monoisotopic (exact) mass is 418 g/mol. The predicted octanol–water partition coefficient (Wildman–Crippen LogP) is 3.78. The number of piperazine rings is 1. The van der Waals surface area contributed by atoms with Crippen LogP contribution in [-0.4, -0.2) is 57.9 Å². The highest BCUT2D eigenvalue weighted by Gasteiger charge is 2.40. The van der Waals surface area contributed by atoms with E-state index in [9.17, 15) is 8.78 Å². The molecule has 0 aromatic heterocycles. The van der Waals surface area contributed by atoms with Gasteiger partial charge in [0.05, 0.1) is 26.0 Å². The molecule has 2 saturated heterocycles. The fraction of sp³-hybridized carbons (Fsp3) is 0.478. The molecule has 0 amide bonds. The number of para-hydroxylation sites is 2. The SMILES string of the molecule is COc1ccccc1N1CCN(CCCC2(c3ccc(F)cc3F)OCCO2)CC1. The Bertz CT molecular complexity index is 850. The van der Waals surface area contributed by atoms with Gasteiger partial charge in [-0.1, -0.05) is 12.1 Å². The van der Waals surface area contributed by atoms with Crippen molar-refractivity contribution in [2.45, 2.75) is 18.6 Å². The van der Waals surface area contributed by atoms with Crippen molar-refractivity contribution in [1.82, 2.24) is 4.90 Å². The van der Waals surface area contributed by atoms with Crippen molar-refractivity contribution in [3.8, 4) is 5.75 Å². The number of hydrogen-bond acceptors (Lipinski definition) is 5. The fourth-order valence-electron chi connectivity index (χ4n) is 4.33. The van der Waals surface area contributed by atoms with Crippen LogP contribution in [0.4, 0.5) is 14.5 Å². The first-order chi connectivity index (χ1) is 14.6. The highest BCUT2D eigenvalue weighted by Crippen LogP contribution is 2.37. The second-order valence-electron chi connectivity index (χ2n) is 7.68. The van der Waals surface area contributed by atoms with Crippen LogP contribution in [0, 0.1) is 11.6 Å². The number of rotatable bonds is 7. The lowest BCUT2D eigenvalue weighted by molar-refractivity contribution is -0.174. The summed E-state index contributed by atoms with van der Waals surface area (Å²) in [5.41, 5.74) is 1.40. The molecule has 0 unspecified atom stereocenters. The van der Waals surface area contributed by atoms with Crippen LogP contribution in [0.1, 0.15) is 18.4 Å². The van der Waals surface area contributed by atoms with Gasteiger partial charge in [-0.15, -0.1) is 0 Å². The van der Waals surface area contributed by atoms with Crippen molar-refractivity contribution in [1.29, 1.82) is 0 Å². The number of hydrogen-bond donors (Lipinski definition) is 0. The summed E-state index contributed by atoms with van der Waals surface area (Å²) in [5, 5.41) is 0. The Morgan fingerprint density at radius 3 is 2.43 bits per heavy atom. The highest BCUT2D eigenvalue weighted by molar-refractivity contribution is 5.58. The summed E-state index contributed by atoms with van der Waals surface area (Å²) in [5.74, 6) is -1.44. The van der Waals surface area contributed by atoms with Gasteiger partial charge in [-0.2, -0.15) is 0 Å².